The van der Waals surface area contributed by atoms with Crippen LogP contribution in [0.15, 0.2) is 40.8 Å². The number of hydrogen-bond donors (Lipinski definition) is 3. The van der Waals surface area contributed by atoms with Crippen LogP contribution in [0, 0.1) is 5.82 Å². The van der Waals surface area contributed by atoms with Gasteiger partial charge in [0, 0.05) is 18.7 Å². The third kappa shape index (κ3) is 5.04. The van der Waals surface area contributed by atoms with E-state index in [4.69, 9.17) is 21.4 Å². The van der Waals surface area contributed by atoms with Crippen molar-refractivity contribution in [2.45, 2.75) is 13.0 Å². The Labute approximate surface area is 144 Å². The number of benzene rings is 1. The molecule has 1 atom stereocenters. The Morgan fingerprint density at radius 1 is 1.25 bits per heavy atom. The predicted octanol–water partition coefficient (Wildman–Crippen LogP) is 2.23. The van der Waals surface area contributed by atoms with Crippen LogP contribution in [-0.2, 0) is 4.74 Å². The molecule has 0 aliphatic heterocycles. The minimum atomic E-state index is -0.480. The van der Waals surface area contributed by atoms with Gasteiger partial charge in [-0.1, -0.05) is 0 Å². The first-order valence-corrected chi connectivity index (χ1v) is 7.62. The number of nitrogens with one attached hydrogen (secondary N) is 3. The van der Waals surface area contributed by atoms with Gasteiger partial charge in [0.25, 0.3) is 0 Å². The Hall–Kier alpha value is -2.45. The van der Waals surface area contributed by atoms with Crippen molar-refractivity contribution in [3.05, 3.63) is 48.0 Å². The van der Waals surface area contributed by atoms with Crippen molar-refractivity contribution < 1.29 is 18.3 Å². The second-order valence-electron chi connectivity index (χ2n) is 5.08. The molecule has 24 heavy (non-hydrogen) atoms. The molecular weight excluding hydrogens is 333 g/mol. The van der Waals surface area contributed by atoms with E-state index in [0.29, 0.717) is 17.9 Å². The minimum absolute atomic E-state index is 0.000550. The van der Waals surface area contributed by atoms with Crippen LogP contribution in [0.4, 0.5) is 4.39 Å². The highest BCUT2D eigenvalue weighted by molar-refractivity contribution is 7.80. The molecule has 1 heterocycles. The van der Waals surface area contributed by atoms with Crippen molar-refractivity contribution in [1.82, 2.24) is 16.2 Å². The van der Waals surface area contributed by atoms with Gasteiger partial charge in [-0.15, -0.1) is 0 Å². The van der Waals surface area contributed by atoms with Gasteiger partial charge < -0.3 is 14.5 Å². The average Bonchev–Trinajstić information content (AvgIpc) is 3.03. The number of carbonyl (C=O) groups excluding carboxylic acids is 1. The normalized spacial score (nSPS) is 11.6. The van der Waals surface area contributed by atoms with Gasteiger partial charge in [0.15, 0.2) is 10.9 Å². The molecule has 3 N–H and O–H groups in total. The van der Waals surface area contributed by atoms with Crippen molar-refractivity contribution in [2.24, 2.45) is 0 Å². The molecule has 128 valence electrons. The first kappa shape index (κ1) is 17.9. The number of methoxy groups -OCH3 is 1. The third-order valence-electron chi connectivity index (χ3n) is 3.04. The summed E-state index contributed by atoms with van der Waals surface area (Å²) in [4.78, 5) is 12.0. The summed E-state index contributed by atoms with van der Waals surface area (Å²) in [5.41, 5.74) is 5.69. The van der Waals surface area contributed by atoms with E-state index in [9.17, 15) is 9.18 Å². The molecule has 0 aliphatic carbocycles. The number of hydrogen-bond acceptors (Lipinski definition) is 4. The molecule has 0 bridgehead atoms. The Balaban J connectivity index is 1.89. The Morgan fingerprint density at radius 3 is 2.62 bits per heavy atom. The SMILES string of the molecule is COC[C@H](C)NC(=S)NNC(=O)c1ccc(-c2ccc(F)cc2)o1. The van der Waals surface area contributed by atoms with Crippen molar-refractivity contribution in [3.8, 4) is 11.3 Å². The Morgan fingerprint density at radius 2 is 1.96 bits per heavy atom. The van der Waals surface area contributed by atoms with Gasteiger partial charge in [-0.05, 0) is 55.5 Å². The lowest BCUT2D eigenvalue weighted by Crippen LogP contribution is -2.49. The van der Waals surface area contributed by atoms with Crippen molar-refractivity contribution in [2.75, 3.05) is 13.7 Å². The molecule has 0 unspecified atom stereocenters. The second kappa shape index (κ2) is 8.42. The summed E-state index contributed by atoms with van der Waals surface area (Å²) in [7, 11) is 1.59. The summed E-state index contributed by atoms with van der Waals surface area (Å²) in [5.74, 6) is -0.243. The van der Waals surface area contributed by atoms with Crippen molar-refractivity contribution in [3.63, 3.8) is 0 Å². The van der Waals surface area contributed by atoms with E-state index in [2.05, 4.69) is 16.2 Å². The van der Waals surface area contributed by atoms with Crippen LogP contribution < -0.4 is 16.2 Å². The van der Waals surface area contributed by atoms with Crippen LogP contribution in [0.2, 0.25) is 0 Å². The third-order valence-corrected chi connectivity index (χ3v) is 3.26. The fourth-order valence-electron chi connectivity index (χ4n) is 1.96. The fraction of sp³-hybridized carbons (Fsp3) is 0.250. The standard InChI is InChI=1S/C16H18FN3O3S/c1-10(9-22-2)18-16(24)20-19-15(21)14-8-7-13(23-14)11-3-5-12(17)6-4-11/h3-8,10H,9H2,1-2H3,(H,19,21)(H2,18,20,24)/t10-/m0/s1. The molecule has 1 aromatic heterocycles. The zero-order valence-corrected chi connectivity index (χ0v) is 14.1. The lowest BCUT2D eigenvalue weighted by atomic mass is 10.2. The summed E-state index contributed by atoms with van der Waals surface area (Å²) in [6, 6.07) is 8.96. The number of rotatable bonds is 5. The fourth-order valence-corrected chi connectivity index (χ4v) is 2.21. The average molecular weight is 351 g/mol. The molecule has 0 aliphatic rings. The van der Waals surface area contributed by atoms with Crippen LogP contribution in [0.1, 0.15) is 17.5 Å². The van der Waals surface area contributed by atoms with Gasteiger partial charge in [0.1, 0.15) is 11.6 Å². The topological polar surface area (TPSA) is 75.5 Å². The summed E-state index contributed by atoms with van der Waals surface area (Å²) in [5, 5.41) is 3.20. The first-order chi connectivity index (χ1) is 11.5. The molecule has 2 rings (SSSR count). The highest BCUT2D eigenvalue weighted by atomic mass is 32.1. The van der Waals surface area contributed by atoms with Gasteiger partial charge in [0.2, 0.25) is 0 Å². The van der Waals surface area contributed by atoms with E-state index < -0.39 is 5.91 Å². The lowest BCUT2D eigenvalue weighted by molar-refractivity contribution is 0.0916. The van der Waals surface area contributed by atoms with Crippen molar-refractivity contribution >= 4 is 23.2 Å². The molecule has 0 radical (unpaired) electrons. The predicted molar refractivity (Wildman–Crippen MR) is 91.8 cm³/mol. The van der Waals surface area contributed by atoms with Crippen LogP contribution in [0.25, 0.3) is 11.3 Å². The first-order valence-electron chi connectivity index (χ1n) is 7.21. The van der Waals surface area contributed by atoms with Crippen LogP contribution in [-0.4, -0.2) is 30.8 Å². The maximum absolute atomic E-state index is 12.9. The van der Waals surface area contributed by atoms with Gasteiger partial charge in [-0.25, -0.2) is 4.39 Å². The molecule has 0 spiro atoms. The monoisotopic (exact) mass is 351 g/mol. The highest BCUT2D eigenvalue weighted by Gasteiger charge is 2.13. The molecule has 1 aromatic carbocycles. The summed E-state index contributed by atoms with van der Waals surface area (Å²) in [6.45, 7) is 2.37. The van der Waals surface area contributed by atoms with E-state index >= 15 is 0 Å². The van der Waals surface area contributed by atoms with E-state index in [0.717, 1.165) is 0 Å². The number of amides is 1. The Kier molecular flexibility index (Phi) is 6.28. The van der Waals surface area contributed by atoms with Crippen molar-refractivity contribution in [1.29, 1.82) is 0 Å². The number of halogens is 1. The largest absolute Gasteiger partial charge is 0.451 e. The van der Waals surface area contributed by atoms with Crippen LogP contribution >= 0.6 is 12.2 Å². The number of hydrazine groups is 1. The summed E-state index contributed by atoms with van der Waals surface area (Å²) >= 11 is 5.05. The number of thiocarbonyl (C=S) groups is 1. The van der Waals surface area contributed by atoms with Gasteiger partial charge in [-0.3, -0.25) is 15.6 Å². The molecule has 8 heteroatoms. The molecule has 0 saturated heterocycles. The number of ether oxygens (including phenoxy) is 1. The van der Waals surface area contributed by atoms with E-state index in [-0.39, 0.29) is 22.7 Å². The van der Waals surface area contributed by atoms with E-state index in [1.165, 1.54) is 18.2 Å². The van der Waals surface area contributed by atoms with Gasteiger partial charge in [0.05, 0.1) is 6.61 Å². The van der Waals surface area contributed by atoms with E-state index in [1.54, 1.807) is 25.3 Å². The number of carbonyl (C=O) groups is 1. The summed E-state index contributed by atoms with van der Waals surface area (Å²) < 4.78 is 23.4. The maximum Gasteiger partial charge on any atom is 0.305 e. The van der Waals surface area contributed by atoms with Crippen LogP contribution in [0.3, 0.4) is 0 Å². The quantitative estimate of drug-likeness (QED) is 0.567. The molecule has 2 aromatic rings. The zero-order chi connectivity index (χ0) is 17.5. The Bertz CT molecular complexity index is 703. The van der Waals surface area contributed by atoms with Gasteiger partial charge >= 0.3 is 5.91 Å². The zero-order valence-electron chi connectivity index (χ0n) is 13.3. The number of furan rings is 1. The minimum Gasteiger partial charge on any atom is -0.451 e. The van der Waals surface area contributed by atoms with E-state index in [1.807, 2.05) is 6.92 Å². The van der Waals surface area contributed by atoms with Gasteiger partial charge in [-0.2, -0.15) is 0 Å². The summed E-state index contributed by atoms with van der Waals surface area (Å²) in [6.07, 6.45) is 0. The lowest BCUT2D eigenvalue weighted by Gasteiger charge is -2.16. The molecule has 6 nitrogen and oxygen atoms in total. The highest BCUT2D eigenvalue weighted by Crippen LogP contribution is 2.22. The maximum atomic E-state index is 12.9. The smallest absolute Gasteiger partial charge is 0.305 e. The molecule has 0 fully saturated rings. The molecule has 0 saturated carbocycles. The molecular formula is C16H18FN3O3S. The van der Waals surface area contributed by atoms with Crippen LogP contribution in [0.5, 0.6) is 0 Å². The molecule has 1 amide bonds. The second-order valence-corrected chi connectivity index (χ2v) is 5.49.